The third kappa shape index (κ3) is 4.30. The van der Waals surface area contributed by atoms with Crippen LogP contribution in [-0.2, 0) is 4.74 Å². The fourth-order valence-corrected chi connectivity index (χ4v) is 4.03. The molecule has 3 rings (SSSR count). The summed E-state index contributed by atoms with van der Waals surface area (Å²) in [6.07, 6.45) is 3.73. The third-order valence-electron chi connectivity index (χ3n) is 4.64. The summed E-state index contributed by atoms with van der Waals surface area (Å²) in [5.74, 6) is 0.603. The van der Waals surface area contributed by atoms with E-state index >= 15 is 0 Å². The molecule has 0 aliphatic heterocycles. The van der Waals surface area contributed by atoms with Crippen LogP contribution in [0.5, 0.6) is 0 Å². The highest BCUT2D eigenvalue weighted by Crippen LogP contribution is 2.46. The summed E-state index contributed by atoms with van der Waals surface area (Å²) in [5.41, 5.74) is 1.95. The second-order valence-electron chi connectivity index (χ2n) is 6.42. The van der Waals surface area contributed by atoms with Gasteiger partial charge in [0.25, 0.3) is 5.91 Å². The molecule has 0 unspecified atom stereocenters. The van der Waals surface area contributed by atoms with Gasteiger partial charge in [0.2, 0.25) is 0 Å². The van der Waals surface area contributed by atoms with E-state index < -0.39 is 0 Å². The van der Waals surface area contributed by atoms with Crippen LogP contribution in [0.3, 0.4) is 0 Å². The van der Waals surface area contributed by atoms with Gasteiger partial charge in [-0.1, -0.05) is 0 Å². The fraction of sp³-hybridized carbons (Fsp3) is 0.450. The summed E-state index contributed by atoms with van der Waals surface area (Å²) in [6.45, 7) is 7.94. The maximum Gasteiger partial charge on any atom is 0.341 e. The van der Waals surface area contributed by atoms with Crippen molar-refractivity contribution >= 4 is 34.0 Å². The van der Waals surface area contributed by atoms with Crippen LogP contribution in [0.4, 0.5) is 10.8 Å². The minimum Gasteiger partial charge on any atom is -0.462 e. The first-order chi connectivity index (χ1) is 13.1. The van der Waals surface area contributed by atoms with Crippen molar-refractivity contribution in [1.82, 2.24) is 4.98 Å². The number of ether oxygens (including phenoxy) is 1. The molecule has 1 aliphatic carbocycles. The van der Waals surface area contributed by atoms with Crippen molar-refractivity contribution in [2.75, 3.05) is 29.9 Å². The predicted molar refractivity (Wildman–Crippen MR) is 108 cm³/mol. The highest BCUT2D eigenvalue weighted by molar-refractivity contribution is 7.15. The van der Waals surface area contributed by atoms with Gasteiger partial charge < -0.3 is 15.0 Å². The summed E-state index contributed by atoms with van der Waals surface area (Å²) < 4.78 is 5.20. The van der Waals surface area contributed by atoms with Crippen molar-refractivity contribution in [2.24, 2.45) is 0 Å². The van der Waals surface area contributed by atoms with Gasteiger partial charge in [0.05, 0.1) is 17.7 Å². The van der Waals surface area contributed by atoms with E-state index in [1.54, 1.807) is 19.2 Å². The van der Waals surface area contributed by atoms with E-state index in [1.165, 1.54) is 11.3 Å². The third-order valence-corrected chi connectivity index (χ3v) is 5.55. The quantitative estimate of drug-likeness (QED) is 0.684. The molecular weight excluding hydrogens is 362 g/mol. The number of rotatable bonds is 8. The molecule has 1 saturated carbocycles. The molecule has 0 bridgehead atoms. The lowest BCUT2D eigenvalue weighted by Gasteiger charge is -2.19. The van der Waals surface area contributed by atoms with E-state index in [2.05, 4.69) is 29.0 Å². The normalized spacial score (nSPS) is 13.3. The van der Waals surface area contributed by atoms with Crippen LogP contribution in [0, 0.1) is 0 Å². The average Bonchev–Trinajstić information content (AvgIpc) is 3.44. The molecule has 144 valence electrons. The highest BCUT2D eigenvalue weighted by Gasteiger charge is 2.32. The lowest BCUT2D eigenvalue weighted by atomic mass is 10.1. The Kier molecular flexibility index (Phi) is 6.11. The Morgan fingerprint density at radius 3 is 2.56 bits per heavy atom. The Morgan fingerprint density at radius 2 is 2.00 bits per heavy atom. The number of esters is 1. The number of carbonyl (C=O) groups excluding carboxylic acids is 2. The van der Waals surface area contributed by atoms with Crippen molar-refractivity contribution in [3.8, 4) is 0 Å². The number of hydrogen-bond donors (Lipinski definition) is 1. The molecule has 2 aromatic rings. The molecular formula is C20H25N3O3S. The molecule has 27 heavy (non-hydrogen) atoms. The molecule has 0 spiro atoms. The number of nitrogens with one attached hydrogen (secondary N) is 1. The smallest absolute Gasteiger partial charge is 0.341 e. The number of hydrogen-bond acceptors (Lipinski definition) is 6. The van der Waals surface area contributed by atoms with Gasteiger partial charge in [-0.2, -0.15) is 0 Å². The molecule has 1 aliphatic rings. The molecule has 0 radical (unpaired) electrons. The Hall–Kier alpha value is -2.41. The minimum atomic E-state index is -0.369. The van der Waals surface area contributed by atoms with Gasteiger partial charge in [-0.3, -0.25) is 4.79 Å². The zero-order valence-corrected chi connectivity index (χ0v) is 16.8. The Labute approximate surface area is 163 Å². The van der Waals surface area contributed by atoms with Gasteiger partial charge in [-0.15, -0.1) is 11.3 Å². The number of thiophene rings is 1. The number of pyridine rings is 1. The second-order valence-corrected chi connectivity index (χ2v) is 7.30. The molecule has 0 aromatic carbocycles. The van der Waals surface area contributed by atoms with Gasteiger partial charge in [0.1, 0.15) is 10.8 Å². The van der Waals surface area contributed by atoms with Gasteiger partial charge in [0.15, 0.2) is 0 Å². The molecule has 2 aromatic heterocycles. The van der Waals surface area contributed by atoms with E-state index in [0.29, 0.717) is 28.7 Å². The zero-order chi connectivity index (χ0) is 19.4. The number of anilines is 2. The molecule has 7 heteroatoms. The van der Waals surface area contributed by atoms with Crippen LogP contribution in [0.2, 0.25) is 0 Å². The minimum absolute atomic E-state index is 0.275. The zero-order valence-electron chi connectivity index (χ0n) is 15.9. The first-order valence-corrected chi connectivity index (χ1v) is 10.3. The van der Waals surface area contributed by atoms with Crippen molar-refractivity contribution < 1.29 is 14.3 Å². The van der Waals surface area contributed by atoms with Gasteiger partial charge in [0, 0.05) is 19.3 Å². The number of aromatic nitrogens is 1. The second kappa shape index (κ2) is 8.52. The summed E-state index contributed by atoms with van der Waals surface area (Å²) in [7, 11) is 0. The van der Waals surface area contributed by atoms with Crippen LogP contribution in [0.25, 0.3) is 0 Å². The standard InChI is InChI=1S/C20H25N3O3S/c1-4-23(5-2)16-10-9-14(11-21-16)18(24)22-19-17(20(25)26-6-3)15(12-27-19)13-7-8-13/h9-13H,4-8H2,1-3H3,(H,22,24). The van der Waals surface area contributed by atoms with Crippen LogP contribution in [0.15, 0.2) is 23.7 Å². The first-order valence-electron chi connectivity index (χ1n) is 9.39. The fourth-order valence-electron chi connectivity index (χ4n) is 3.00. The molecule has 6 nitrogen and oxygen atoms in total. The average molecular weight is 388 g/mol. The largest absolute Gasteiger partial charge is 0.462 e. The molecule has 1 fully saturated rings. The Balaban J connectivity index is 1.79. The maximum atomic E-state index is 12.7. The van der Waals surface area contributed by atoms with Crippen molar-refractivity contribution in [3.05, 3.63) is 40.4 Å². The highest BCUT2D eigenvalue weighted by atomic mass is 32.1. The topological polar surface area (TPSA) is 71.5 Å². The maximum absolute atomic E-state index is 12.7. The van der Waals surface area contributed by atoms with Crippen molar-refractivity contribution in [1.29, 1.82) is 0 Å². The predicted octanol–water partition coefficient (Wildman–Crippen LogP) is 4.30. The molecule has 1 amide bonds. The SMILES string of the molecule is CCOC(=O)c1c(C2CC2)csc1NC(=O)c1ccc(N(CC)CC)nc1. The van der Waals surface area contributed by atoms with Crippen LogP contribution in [-0.4, -0.2) is 36.6 Å². The van der Waals surface area contributed by atoms with E-state index in [-0.39, 0.29) is 11.9 Å². The summed E-state index contributed by atoms with van der Waals surface area (Å²) in [4.78, 5) is 31.6. The van der Waals surface area contributed by atoms with Crippen molar-refractivity contribution in [2.45, 2.75) is 39.5 Å². The number of amides is 1. The van der Waals surface area contributed by atoms with Gasteiger partial charge in [-0.25, -0.2) is 9.78 Å². The number of nitrogens with zero attached hydrogens (tertiary/aromatic N) is 2. The molecule has 0 saturated heterocycles. The van der Waals surface area contributed by atoms with E-state index in [1.807, 2.05) is 11.4 Å². The van der Waals surface area contributed by atoms with Crippen LogP contribution in [0.1, 0.15) is 65.8 Å². The van der Waals surface area contributed by atoms with Gasteiger partial charge in [-0.05, 0) is 62.6 Å². The van der Waals surface area contributed by atoms with Gasteiger partial charge >= 0.3 is 5.97 Å². The molecule has 2 heterocycles. The van der Waals surface area contributed by atoms with E-state index in [4.69, 9.17) is 4.74 Å². The number of carbonyl (C=O) groups is 2. The van der Waals surface area contributed by atoms with E-state index in [0.717, 1.165) is 37.3 Å². The van der Waals surface area contributed by atoms with Crippen molar-refractivity contribution in [3.63, 3.8) is 0 Å². The lowest BCUT2D eigenvalue weighted by Crippen LogP contribution is -2.23. The summed E-state index contributed by atoms with van der Waals surface area (Å²) in [5, 5.41) is 5.38. The molecule has 1 N–H and O–H groups in total. The summed E-state index contributed by atoms with van der Waals surface area (Å²) in [6, 6.07) is 3.60. The first kappa shape index (κ1) is 19.4. The summed E-state index contributed by atoms with van der Waals surface area (Å²) >= 11 is 1.38. The monoisotopic (exact) mass is 387 g/mol. The van der Waals surface area contributed by atoms with Crippen LogP contribution >= 0.6 is 11.3 Å². The van der Waals surface area contributed by atoms with Crippen LogP contribution < -0.4 is 10.2 Å². The Bertz CT molecular complexity index is 808. The Morgan fingerprint density at radius 1 is 1.26 bits per heavy atom. The lowest BCUT2D eigenvalue weighted by molar-refractivity contribution is 0.0527. The molecule has 0 atom stereocenters. The van der Waals surface area contributed by atoms with E-state index in [9.17, 15) is 9.59 Å².